The Kier molecular flexibility index (Phi) is 3.81. The molecule has 0 radical (unpaired) electrons. The van der Waals surface area contributed by atoms with Crippen molar-refractivity contribution in [3.8, 4) is 34.4 Å². The molecule has 6 aromatic rings. The van der Waals surface area contributed by atoms with Crippen molar-refractivity contribution < 1.29 is 22.9 Å². The molecule has 0 N–H and O–H groups in total. The Bertz CT molecular complexity index is 1620. The van der Waals surface area contributed by atoms with E-state index in [1.165, 1.54) is 0 Å². The van der Waals surface area contributed by atoms with Crippen molar-refractivity contribution in [2.24, 2.45) is 0 Å². The van der Waals surface area contributed by atoms with Gasteiger partial charge in [0.05, 0.1) is 5.56 Å². The number of aromatic nitrogens is 2. The van der Waals surface area contributed by atoms with Crippen molar-refractivity contribution in [1.82, 2.24) is 4.98 Å². The molecular formula is C27H17N2O4+. The molecule has 1 aliphatic heterocycles. The largest absolute Gasteiger partial charge is 0.471 e. The summed E-state index contributed by atoms with van der Waals surface area (Å²) >= 11 is 0. The molecule has 4 aromatic carbocycles. The number of hydrogen-bond donors (Lipinski definition) is 0. The maximum absolute atomic E-state index is 6.47. The van der Waals surface area contributed by atoms with Gasteiger partial charge in [-0.2, -0.15) is 0 Å². The monoisotopic (exact) mass is 433 g/mol. The number of oxazole rings is 2. The fourth-order valence-corrected chi connectivity index (χ4v) is 4.23. The van der Waals surface area contributed by atoms with E-state index in [0.29, 0.717) is 23.3 Å². The molecule has 158 valence electrons. The van der Waals surface area contributed by atoms with E-state index in [9.17, 15) is 0 Å². The second-order valence-corrected chi connectivity index (χ2v) is 7.77. The third-order valence-electron chi connectivity index (χ3n) is 5.75. The van der Waals surface area contributed by atoms with E-state index in [4.69, 9.17) is 18.3 Å². The van der Waals surface area contributed by atoms with Crippen LogP contribution in [-0.2, 0) is 0 Å². The van der Waals surface area contributed by atoms with Gasteiger partial charge >= 0.3 is 12.3 Å². The number of ether oxygens (including phenoxy) is 2. The molecule has 2 aromatic heterocycles. The van der Waals surface area contributed by atoms with Crippen molar-refractivity contribution in [2.45, 2.75) is 6.41 Å². The average Bonchev–Trinajstić information content (AvgIpc) is 3.47. The lowest BCUT2D eigenvalue weighted by atomic mass is 10.2. The molecule has 0 fully saturated rings. The first kappa shape index (κ1) is 18.0. The van der Waals surface area contributed by atoms with Gasteiger partial charge in [0.1, 0.15) is 22.6 Å². The van der Waals surface area contributed by atoms with Gasteiger partial charge in [-0.25, -0.2) is 4.98 Å². The Labute approximate surface area is 188 Å². The Balaban J connectivity index is 1.37. The van der Waals surface area contributed by atoms with Crippen LogP contribution in [0.25, 0.3) is 45.1 Å². The molecule has 0 bridgehead atoms. The van der Waals surface area contributed by atoms with Gasteiger partial charge in [0.15, 0.2) is 5.58 Å². The van der Waals surface area contributed by atoms with Crippen LogP contribution in [0.1, 0.15) is 6.41 Å². The highest BCUT2D eigenvalue weighted by molar-refractivity contribution is 5.77. The van der Waals surface area contributed by atoms with Gasteiger partial charge < -0.3 is 18.3 Å². The Morgan fingerprint density at radius 2 is 1.42 bits per heavy atom. The minimum Gasteiger partial charge on any atom is -0.436 e. The fourth-order valence-electron chi connectivity index (χ4n) is 4.23. The molecule has 7 rings (SSSR count). The molecule has 0 saturated heterocycles. The summed E-state index contributed by atoms with van der Waals surface area (Å²) in [6.45, 7) is 0. The van der Waals surface area contributed by atoms with Crippen LogP contribution in [0.15, 0.2) is 106 Å². The number of benzene rings is 4. The van der Waals surface area contributed by atoms with Gasteiger partial charge in [-0.05, 0) is 42.5 Å². The van der Waals surface area contributed by atoms with Gasteiger partial charge in [-0.1, -0.05) is 53.1 Å². The van der Waals surface area contributed by atoms with Crippen LogP contribution < -0.4 is 14.0 Å². The lowest BCUT2D eigenvalue weighted by Crippen LogP contribution is -2.49. The van der Waals surface area contributed by atoms with Crippen molar-refractivity contribution >= 4 is 22.2 Å². The van der Waals surface area contributed by atoms with E-state index in [2.05, 4.69) is 4.98 Å². The summed E-state index contributed by atoms with van der Waals surface area (Å²) in [5.74, 6) is 2.46. The van der Waals surface area contributed by atoms with Gasteiger partial charge in [-0.15, -0.1) is 0 Å². The third-order valence-corrected chi connectivity index (χ3v) is 5.75. The van der Waals surface area contributed by atoms with Crippen LogP contribution in [0, 0.1) is 0 Å². The highest BCUT2D eigenvalue weighted by Crippen LogP contribution is 2.39. The molecule has 33 heavy (non-hydrogen) atoms. The molecule has 0 spiro atoms. The van der Waals surface area contributed by atoms with Crippen LogP contribution in [0.3, 0.4) is 0 Å². The average molecular weight is 433 g/mol. The van der Waals surface area contributed by atoms with Crippen molar-refractivity contribution in [1.29, 1.82) is 0 Å². The zero-order valence-electron chi connectivity index (χ0n) is 17.3. The summed E-state index contributed by atoms with van der Waals surface area (Å²) in [5.41, 5.74) is 4.78. The predicted molar refractivity (Wildman–Crippen MR) is 122 cm³/mol. The fraction of sp³-hybridized carbons (Fsp3) is 0.0370. The number of para-hydroxylation sites is 6. The second-order valence-electron chi connectivity index (χ2n) is 7.77. The highest BCUT2D eigenvalue weighted by atomic mass is 16.7. The molecule has 0 amide bonds. The van der Waals surface area contributed by atoms with Crippen LogP contribution in [0.2, 0.25) is 0 Å². The number of hydrogen-bond acceptors (Lipinski definition) is 5. The van der Waals surface area contributed by atoms with E-state index in [0.717, 1.165) is 33.3 Å². The van der Waals surface area contributed by atoms with Crippen molar-refractivity contribution in [3.05, 3.63) is 97.1 Å². The lowest BCUT2D eigenvalue weighted by Gasteiger charge is -2.21. The first-order chi connectivity index (χ1) is 16.3. The van der Waals surface area contributed by atoms with Gasteiger partial charge in [-0.3, -0.25) is 0 Å². The first-order valence-corrected chi connectivity index (χ1v) is 10.7. The Morgan fingerprint density at radius 3 is 2.33 bits per heavy atom. The van der Waals surface area contributed by atoms with E-state index in [1.807, 2.05) is 102 Å². The number of fused-ring (bicyclic) bond motifs is 6. The van der Waals surface area contributed by atoms with Crippen molar-refractivity contribution in [3.63, 3.8) is 0 Å². The Morgan fingerprint density at radius 1 is 0.697 bits per heavy atom. The topological polar surface area (TPSA) is 61.5 Å². The summed E-state index contributed by atoms with van der Waals surface area (Å²) in [6, 6.07) is 31.0. The molecule has 3 heterocycles. The quantitative estimate of drug-likeness (QED) is 0.315. The van der Waals surface area contributed by atoms with E-state index in [1.54, 1.807) is 0 Å². The van der Waals surface area contributed by atoms with Crippen molar-refractivity contribution in [2.75, 3.05) is 0 Å². The van der Waals surface area contributed by atoms with Crippen LogP contribution >= 0.6 is 0 Å². The normalized spacial score (nSPS) is 14.6. The molecule has 0 saturated carbocycles. The molecular weight excluding hydrogens is 416 g/mol. The summed E-state index contributed by atoms with van der Waals surface area (Å²) in [5, 5.41) is 0. The molecule has 0 unspecified atom stereocenters. The van der Waals surface area contributed by atoms with Gasteiger partial charge in [0.25, 0.3) is 5.52 Å². The SMILES string of the molecule is c1ccc(-c2nc3ccccc3o2)c(O[C@@H]2Oc3ccccc3-c3oc4ccccc4[n+]32)c1. The first-order valence-electron chi connectivity index (χ1n) is 10.7. The molecule has 1 atom stereocenters. The summed E-state index contributed by atoms with van der Waals surface area (Å²) in [6.07, 6.45) is -0.774. The maximum Gasteiger partial charge on any atom is 0.471 e. The molecule has 1 aliphatic rings. The molecule has 0 aliphatic carbocycles. The summed E-state index contributed by atoms with van der Waals surface area (Å²) in [4.78, 5) is 4.64. The Hall–Kier alpha value is -4.58. The zero-order chi connectivity index (χ0) is 21.8. The number of rotatable bonds is 3. The van der Waals surface area contributed by atoms with E-state index >= 15 is 0 Å². The predicted octanol–water partition coefficient (Wildman–Crippen LogP) is 6.12. The highest BCUT2D eigenvalue weighted by Gasteiger charge is 2.41. The van der Waals surface area contributed by atoms with Crippen LogP contribution in [-0.4, -0.2) is 4.98 Å². The van der Waals surface area contributed by atoms with E-state index < -0.39 is 6.41 Å². The van der Waals surface area contributed by atoms with Gasteiger partial charge in [0.2, 0.25) is 11.5 Å². The van der Waals surface area contributed by atoms with Crippen LogP contribution in [0.5, 0.6) is 11.5 Å². The third kappa shape index (κ3) is 2.81. The summed E-state index contributed by atoms with van der Waals surface area (Å²) in [7, 11) is 0. The smallest absolute Gasteiger partial charge is 0.436 e. The summed E-state index contributed by atoms with van der Waals surface area (Å²) < 4.78 is 26.9. The molecule has 6 nitrogen and oxygen atoms in total. The maximum atomic E-state index is 6.47. The van der Waals surface area contributed by atoms with E-state index in [-0.39, 0.29) is 0 Å². The lowest BCUT2D eigenvalue weighted by molar-refractivity contribution is -0.762. The number of nitrogens with zero attached hydrogens (tertiary/aromatic N) is 2. The minimum atomic E-state index is -0.774. The van der Waals surface area contributed by atoms with Crippen LogP contribution in [0.4, 0.5) is 0 Å². The van der Waals surface area contributed by atoms with Gasteiger partial charge in [0, 0.05) is 6.07 Å². The molecule has 6 heteroatoms. The minimum absolute atomic E-state index is 0.491. The second kappa shape index (κ2) is 6.97. The zero-order valence-corrected chi connectivity index (χ0v) is 17.3. The standard InChI is InChI=1S/C27H17N2O4/c1-5-13-21(17(9-1)25-28-19-11-3-7-15-23(19)30-25)32-27-29-20-12-4-8-16-24(20)31-26(29)18-10-2-6-14-22(18)33-27/h1-16,27H/q+1/t27-/m1/s1.